The first-order chi connectivity index (χ1) is 12.5. The Morgan fingerprint density at radius 2 is 1.81 bits per heavy atom. The van der Waals surface area contributed by atoms with Gasteiger partial charge < -0.3 is 19.9 Å². The van der Waals surface area contributed by atoms with Gasteiger partial charge in [0.2, 0.25) is 0 Å². The summed E-state index contributed by atoms with van der Waals surface area (Å²) in [6.07, 6.45) is 0. The van der Waals surface area contributed by atoms with Crippen LogP contribution in [-0.2, 0) is 4.79 Å². The lowest BCUT2D eigenvalue weighted by atomic mass is 10.1. The molecule has 1 aliphatic heterocycles. The fraction of sp³-hybridized carbons (Fsp3) is 0.350. The lowest BCUT2D eigenvalue weighted by Crippen LogP contribution is -2.44. The predicted octanol–water partition coefficient (Wildman–Crippen LogP) is 2.90. The van der Waals surface area contributed by atoms with Crippen LogP contribution in [0.4, 0.5) is 15.8 Å². The fourth-order valence-corrected chi connectivity index (χ4v) is 2.92. The minimum atomic E-state index is -0.335. The lowest BCUT2D eigenvalue weighted by Gasteiger charge is -2.34. The molecule has 0 aromatic heterocycles. The third kappa shape index (κ3) is 4.73. The number of amides is 1. The molecule has 0 unspecified atom stereocenters. The van der Waals surface area contributed by atoms with E-state index in [0.717, 1.165) is 37.4 Å². The molecular weight excluding hydrogens is 333 g/mol. The van der Waals surface area contributed by atoms with Gasteiger partial charge in [-0.25, -0.2) is 4.39 Å². The first kappa shape index (κ1) is 18.2. The number of anilines is 2. The third-order valence-corrected chi connectivity index (χ3v) is 4.54. The van der Waals surface area contributed by atoms with Crippen molar-refractivity contribution in [3.63, 3.8) is 0 Å². The summed E-state index contributed by atoms with van der Waals surface area (Å²) in [5, 5.41) is 2.86. The van der Waals surface area contributed by atoms with E-state index in [1.807, 2.05) is 19.1 Å². The zero-order valence-corrected chi connectivity index (χ0v) is 15.2. The van der Waals surface area contributed by atoms with Crippen LogP contribution in [-0.4, -0.2) is 50.6 Å². The van der Waals surface area contributed by atoms with Gasteiger partial charge in [0.15, 0.2) is 6.61 Å². The van der Waals surface area contributed by atoms with Crippen LogP contribution in [0.2, 0.25) is 0 Å². The van der Waals surface area contributed by atoms with Gasteiger partial charge in [-0.15, -0.1) is 0 Å². The normalized spacial score (nSPS) is 15.0. The van der Waals surface area contributed by atoms with Crippen molar-refractivity contribution >= 4 is 17.3 Å². The Morgan fingerprint density at radius 3 is 2.46 bits per heavy atom. The highest BCUT2D eigenvalue weighted by molar-refractivity contribution is 5.92. The number of rotatable bonds is 5. The van der Waals surface area contributed by atoms with Crippen LogP contribution in [0.5, 0.6) is 5.75 Å². The molecule has 0 radical (unpaired) electrons. The Hall–Kier alpha value is -2.60. The van der Waals surface area contributed by atoms with Crippen molar-refractivity contribution in [1.82, 2.24) is 4.90 Å². The van der Waals surface area contributed by atoms with E-state index in [2.05, 4.69) is 28.2 Å². The summed E-state index contributed by atoms with van der Waals surface area (Å²) in [5.74, 6) is -0.119. The van der Waals surface area contributed by atoms with Crippen molar-refractivity contribution in [3.8, 4) is 5.75 Å². The Bertz CT molecular complexity index is 756. The molecule has 0 bridgehead atoms. The monoisotopic (exact) mass is 357 g/mol. The van der Waals surface area contributed by atoms with E-state index in [1.54, 1.807) is 0 Å². The number of hydrogen-bond acceptors (Lipinski definition) is 4. The highest BCUT2D eigenvalue weighted by Gasteiger charge is 2.15. The smallest absolute Gasteiger partial charge is 0.262 e. The van der Waals surface area contributed by atoms with E-state index in [0.29, 0.717) is 5.75 Å². The zero-order chi connectivity index (χ0) is 18.5. The summed E-state index contributed by atoms with van der Waals surface area (Å²) < 4.78 is 18.2. The Morgan fingerprint density at radius 1 is 1.12 bits per heavy atom. The second kappa shape index (κ2) is 8.19. The first-order valence-electron chi connectivity index (χ1n) is 8.73. The topological polar surface area (TPSA) is 44.8 Å². The summed E-state index contributed by atoms with van der Waals surface area (Å²) >= 11 is 0. The van der Waals surface area contributed by atoms with Crippen molar-refractivity contribution in [2.75, 3.05) is 50.1 Å². The van der Waals surface area contributed by atoms with Gasteiger partial charge in [-0.3, -0.25) is 4.79 Å². The molecule has 3 rings (SSSR count). The molecule has 138 valence electrons. The van der Waals surface area contributed by atoms with Crippen LogP contribution in [0.3, 0.4) is 0 Å². The van der Waals surface area contributed by atoms with Gasteiger partial charge >= 0.3 is 0 Å². The summed E-state index contributed by atoms with van der Waals surface area (Å²) in [6, 6.07) is 11.7. The van der Waals surface area contributed by atoms with Gasteiger partial charge in [0.05, 0.1) is 0 Å². The van der Waals surface area contributed by atoms with Gasteiger partial charge in [-0.1, -0.05) is 0 Å². The van der Waals surface area contributed by atoms with Crippen molar-refractivity contribution in [1.29, 1.82) is 0 Å². The van der Waals surface area contributed by atoms with Gasteiger partial charge in [-0.2, -0.15) is 0 Å². The summed E-state index contributed by atoms with van der Waals surface area (Å²) in [6.45, 7) is 5.98. The molecule has 6 heteroatoms. The SMILES string of the molecule is Cc1cc(N2CCN(C)CC2)ccc1NC(=O)COc1ccc(F)cc1. The molecule has 2 aromatic rings. The van der Waals surface area contributed by atoms with E-state index in [9.17, 15) is 9.18 Å². The number of nitrogens with one attached hydrogen (secondary N) is 1. The summed E-state index contributed by atoms with van der Waals surface area (Å²) in [7, 11) is 2.13. The largest absolute Gasteiger partial charge is 0.484 e. The van der Waals surface area contributed by atoms with E-state index in [1.165, 1.54) is 30.0 Å². The maximum atomic E-state index is 12.9. The number of nitrogens with zero attached hydrogens (tertiary/aromatic N) is 2. The Balaban J connectivity index is 1.55. The standard InChI is InChI=1S/C20H24FN3O2/c1-15-13-17(24-11-9-23(2)10-12-24)5-8-19(15)22-20(25)14-26-18-6-3-16(21)4-7-18/h3-8,13H,9-12,14H2,1-2H3,(H,22,25). The quantitative estimate of drug-likeness (QED) is 0.894. The van der Waals surface area contributed by atoms with Gasteiger partial charge in [0.1, 0.15) is 11.6 Å². The summed E-state index contributed by atoms with van der Waals surface area (Å²) in [4.78, 5) is 16.8. The van der Waals surface area contributed by atoms with Gasteiger partial charge in [0, 0.05) is 37.6 Å². The first-order valence-corrected chi connectivity index (χ1v) is 8.73. The summed E-state index contributed by atoms with van der Waals surface area (Å²) in [5.41, 5.74) is 2.96. The maximum Gasteiger partial charge on any atom is 0.262 e. The fourth-order valence-electron chi connectivity index (χ4n) is 2.92. The van der Waals surface area contributed by atoms with Crippen LogP contribution >= 0.6 is 0 Å². The molecule has 0 saturated carbocycles. The zero-order valence-electron chi connectivity index (χ0n) is 15.2. The highest BCUT2D eigenvalue weighted by Crippen LogP contribution is 2.23. The molecule has 1 N–H and O–H groups in total. The number of hydrogen-bond donors (Lipinski definition) is 1. The molecule has 1 fully saturated rings. The number of aryl methyl sites for hydroxylation is 1. The number of carbonyl (C=O) groups is 1. The van der Waals surface area contributed by atoms with Crippen molar-refractivity contribution in [2.24, 2.45) is 0 Å². The molecule has 0 aliphatic carbocycles. The minimum Gasteiger partial charge on any atom is -0.484 e. The highest BCUT2D eigenvalue weighted by atomic mass is 19.1. The van der Waals surface area contributed by atoms with E-state index in [4.69, 9.17) is 4.74 Å². The van der Waals surface area contributed by atoms with Crippen LogP contribution in [0.1, 0.15) is 5.56 Å². The van der Waals surface area contributed by atoms with E-state index in [-0.39, 0.29) is 18.3 Å². The molecule has 0 spiro atoms. The van der Waals surface area contributed by atoms with Gasteiger partial charge in [0.25, 0.3) is 5.91 Å². The molecule has 1 heterocycles. The van der Waals surface area contributed by atoms with Crippen LogP contribution in [0, 0.1) is 12.7 Å². The Labute approximate surface area is 153 Å². The molecule has 26 heavy (non-hydrogen) atoms. The Kier molecular flexibility index (Phi) is 5.73. The average molecular weight is 357 g/mol. The number of halogens is 1. The minimum absolute atomic E-state index is 0.120. The number of piperazine rings is 1. The molecule has 2 aromatic carbocycles. The van der Waals surface area contributed by atoms with Crippen molar-refractivity contribution < 1.29 is 13.9 Å². The molecule has 1 aliphatic rings. The number of carbonyl (C=O) groups excluding carboxylic acids is 1. The average Bonchev–Trinajstić information content (AvgIpc) is 2.63. The number of benzene rings is 2. The van der Waals surface area contributed by atoms with E-state index < -0.39 is 0 Å². The van der Waals surface area contributed by atoms with Gasteiger partial charge in [-0.05, 0) is 62.0 Å². The number of ether oxygens (including phenoxy) is 1. The van der Waals surface area contributed by atoms with Crippen LogP contribution in [0.15, 0.2) is 42.5 Å². The van der Waals surface area contributed by atoms with Crippen molar-refractivity contribution in [3.05, 3.63) is 53.8 Å². The predicted molar refractivity (Wildman–Crippen MR) is 101 cm³/mol. The number of likely N-dealkylation sites (N-methyl/N-ethyl adjacent to an activating group) is 1. The maximum absolute atomic E-state index is 12.9. The third-order valence-electron chi connectivity index (χ3n) is 4.54. The molecule has 1 saturated heterocycles. The van der Waals surface area contributed by atoms with Crippen LogP contribution < -0.4 is 15.0 Å². The molecule has 1 amide bonds. The molecular formula is C20H24FN3O2. The molecule has 0 atom stereocenters. The van der Waals surface area contributed by atoms with Crippen molar-refractivity contribution in [2.45, 2.75) is 6.92 Å². The van der Waals surface area contributed by atoms with Crippen LogP contribution in [0.25, 0.3) is 0 Å². The van der Waals surface area contributed by atoms with E-state index >= 15 is 0 Å². The second-order valence-electron chi connectivity index (χ2n) is 6.58. The second-order valence-corrected chi connectivity index (χ2v) is 6.58. The lowest BCUT2D eigenvalue weighted by molar-refractivity contribution is -0.118. The molecule has 5 nitrogen and oxygen atoms in total.